The Morgan fingerprint density at radius 2 is 2.11 bits per heavy atom. The number of carbonyl (C=O) groups excluding carboxylic acids is 1. The lowest BCUT2D eigenvalue weighted by Gasteiger charge is -2.37. The zero-order valence-corrected chi connectivity index (χ0v) is 12.1. The van der Waals surface area contributed by atoms with E-state index in [1.54, 1.807) is 6.07 Å². The summed E-state index contributed by atoms with van der Waals surface area (Å²) >= 11 is 0. The molecule has 3 unspecified atom stereocenters. The van der Waals surface area contributed by atoms with Crippen molar-refractivity contribution in [2.75, 3.05) is 18.4 Å². The normalized spacial score (nSPS) is 26.1. The highest BCUT2D eigenvalue weighted by molar-refractivity contribution is 5.93. The first-order chi connectivity index (χ1) is 8.95. The van der Waals surface area contributed by atoms with Crippen LogP contribution in [0.25, 0.3) is 0 Å². The summed E-state index contributed by atoms with van der Waals surface area (Å²) in [5.41, 5.74) is 0.767. The molecule has 1 fully saturated rings. The molecule has 0 bridgehead atoms. The van der Waals surface area contributed by atoms with Gasteiger partial charge in [0.05, 0.1) is 11.7 Å². The van der Waals surface area contributed by atoms with E-state index in [1.807, 2.05) is 13.8 Å². The van der Waals surface area contributed by atoms with E-state index in [0.29, 0.717) is 17.7 Å². The molecule has 0 radical (unpaired) electrons. The Morgan fingerprint density at radius 3 is 2.63 bits per heavy atom. The first-order valence-electron chi connectivity index (χ1n) is 6.94. The Morgan fingerprint density at radius 1 is 1.47 bits per heavy atom. The summed E-state index contributed by atoms with van der Waals surface area (Å²) in [5, 5.41) is 6.54. The molecule has 106 valence electrons. The summed E-state index contributed by atoms with van der Waals surface area (Å²) < 4.78 is 5.01. The van der Waals surface area contributed by atoms with Gasteiger partial charge in [-0.15, -0.1) is 0 Å². The van der Waals surface area contributed by atoms with Crippen LogP contribution in [0.5, 0.6) is 0 Å². The van der Waals surface area contributed by atoms with E-state index in [2.05, 4.69) is 29.2 Å². The largest absolute Gasteiger partial charge is 0.338 e. The van der Waals surface area contributed by atoms with Crippen LogP contribution >= 0.6 is 0 Å². The molecule has 3 atom stereocenters. The van der Waals surface area contributed by atoms with Gasteiger partial charge < -0.3 is 4.52 Å². The van der Waals surface area contributed by atoms with Crippen LogP contribution in [0.4, 0.5) is 5.88 Å². The van der Waals surface area contributed by atoms with Gasteiger partial charge >= 0.3 is 0 Å². The molecule has 1 aliphatic rings. The highest BCUT2D eigenvalue weighted by Crippen LogP contribution is 2.23. The van der Waals surface area contributed by atoms with Crippen molar-refractivity contribution in [1.82, 2.24) is 10.1 Å². The first-order valence-corrected chi connectivity index (χ1v) is 6.94. The smallest absolute Gasteiger partial charge is 0.243 e. The zero-order valence-electron chi connectivity index (χ0n) is 12.1. The molecule has 1 aromatic heterocycles. The minimum atomic E-state index is -0.143. The number of hydrogen-bond donors (Lipinski definition) is 1. The Kier molecular flexibility index (Phi) is 4.24. The van der Waals surface area contributed by atoms with Gasteiger partial charge in [-0.2, -0.15) is 0 Å². The molecule has 1 N–H and O–H groups in total. The summed E-state index contributed by atoms with van der Waals surface area (Å²) in [7, 11) is 0. The Labute approximate surface area is 114 Å². The van der Waals surface area contributed by atoms with Crippen molar-refractivity contribution in [3.63, 3.8) is 0 Å². The highest BCUT2D eigenvalue weighted by Gasteiger charge is 2.29. The van der Waals surface area contributed by atoms with Crippen LogP contribution < -0.4 is 5.32 Å². The van der Waals surface area contributed by atoms with E-state index < -0.39 is 0 Å². The van der Waals surface area contributed by atoms with Crippen LogP contribution in [0.1, 0.15) is 32.9 Å². The molecule has 5 nitrogen and oxygen atoms in total. The van der Waals surface area contributed by atoms with Crippen LogP contribution in [0.2, 0.25) is 0 Å². The second-order valence-corrected chi connectivity index (χ2v) is 5.90. The monoisotopic (exact) mass is 265 g/mol. The Bertz CT molecular complexity index is 434. The molecule has 5 heteroatoms. The lowest BCUT2D eigenvalue weighted by atomic mass is 9.91. The number of piperidine rings is 1. The van der Waals surface area contributed by atoms with Gasteiger partial charge in [0.15, 0.2) is 0 Å². The van der Waals surface area contributed by atoms with Crippen LogP contribution in [-0.4, -0.2) is 35.1 Å². The van der Waals surface area contributed by atoms with Gasteiger partial charge in [-0.25, -0.2) is 0 Å². The predicted molar refractivity (Wildman–Crippen MR) is 73.8 cm³/mol. The lowest BCUT2D eigenvalue weighted by molar-refractivity contribution is -0.121. The van der Waals surface area contributed by atoms with Crippen molar-refractivity contribution < 1.29 is 9.32 Å². The molecule has 19 heavy (non-hydrogen) atoms. The summed E-state index contributed by atoms with van der Waals surface area (Å²) in [6.45, 7) is 10.2. The molecule has 1 aliphatic heterocycles. The van der Waals surface area contributed by atoms with Crippen molar-refractivity contribution in [3.05, 3.63) is 11.8 Å². The number of anilines is 1. The average Bonchev–Trinajstić information content (AvgIpc) is 2.72. The molecule has 1 aromatic rings. The molecule has 1 amide bonds. The van der Waals surface area contributed by atoms with Gasteiger partial charge in [0.2, 0.25) is 11.8 Å². The minimum Gasteiger partial charge on any atom is -0.338 e. The number of carbonyl (C=O) groups is 1. The minimum absolute atomic E-state index is 0.0301. The van der Waals surface area contributed by atoms with E-state index in [0.717, 1.165) is 18.8 Å². The lowest BCUT2D eigenvalue weighted by Crippen LogP contribution is -2.48. The number of hydrogen-bond acceptors (Lipinski definition) is 4. The van der Waals surface area contributed by atoms with E-state index >= 15 is 0 Å². The third-order valence-corrected chi connectivity index (χ3v) is 3.70. The van der Waals surface area contributed by atoms with Crippen molar-refractivity contribution in [2.24, 2.45) is 11.8 Å². The molecule has 1 saturated heterocycles. The molecule has 0 aliphatic carbocycles. The van der Waals surface area contributed by atoms with Crippen molar-refractivity contribution in [1.29, 1.82) is 0 Å². The Balaban J connectivity index is 1.94. The SMILES string of the molecule is Cc1cc(NC(=O)C(C)N2CC(C)CC(C)C2)on1. The summed E-state index contributed by atoms with van der Waals surface area (Å²) in [6.07, 6.45) is 1.24. The van der Waals surface area contributed by atoms with Gasteiger partial charge in [-0.3, -0.25) is 15.0 Å². The summed E-state index contributed by atoms with van der Waals surface area (Å²) in [5.74, 6) is 1.68. The fraction of sp³-hybridized carbons (Fsp3) is 0.714. The van der Waals surface area contributed by atoms with Crippen molar-refractivity contribution >= 4 is 11.8 Å². The standard InChI is InChI=1S/C14H23N3O2/c1-9-5-10(2)8-17(7-9)12(4)14(18)15-13-6-11(3)16-19-13/h6,9-10,12H,5,7-8H2,1-4H3,(H,15,18). The number of rotatable bonds is 3. The quantitative estimate of drug-likeness (QED) is 0.911. The maximum absolute atomic E-state index is 12.2. The number of aryl methyl sites for hydroxylation is 1. The van der Waals surface area contributed by atoms with Gasteiger partial charge in [0, 0.05) is 19.2 Å². The van der Waals surface area contributed by atoms with Gasteiger partial charge in [-0.05, 0) is 32.1 Å². The zero-order chi connectivity index (χ0) is 14.0. The number of amides is 1. The van der Waals surface area contributed by atoms with E-state index in [9.17, 15) is 4.79 Å². The molecular formula is C14H23N3O2. The fourth-order valence-electron chi connectivity index (χ4n) is 2.84. The molecule has 0 saturated carbocycles. The van der Waals surface area contributed by atoms with Crippen LogP contribution in [0.3, 0.4) is 0 Å². The third kappa shape index (κ3) is 3.56. The predicted octanol–water partition coefficient (Wildman–Crippen LogP) is 2.29. The average molecular weight is 265 g/mol. The Hall–Kier alpha value is -1.36. The van der Waals surface area contributed by atoms with Crippen molar-refractivity contribution in [3.8, 4) is 0 Å². The van der Waals surface area contributed by atoms with E-state index in [1.165, 1.54) is 6.42 Å². The highest BCUT2D eigenvalue weighted by atomic mass is 16.5. The van der Waals surface area contributed by atoms with Crippen LogP contribution in [-0.2, 0) is 4.79 Å². The molecule has 0 aromatic carbocycles. The third-order valence-electron chi connectivity index (χ3n) is 3.70. The van der Waals surface area contributed by atoms with Crippen LogP contribution in [0, 0.1) is 18.8 Å². The fourth-order valence-corrected chi connectivity index (χ4v) is 2.84. The second kappa shape index (κ2) is 5.74. The summed E-state index contributed by atoms with van der Waals surface area (Å²) in [4.78, 5) is 14.4. The van der Waals surface area contributed by atoms with Crippen LogP contribution in [0.15, 0.2) is 10.6 Å². The van der Waals surface area contributed by atoms with Gasteiger partial charge in [0.1, 0.15) is 0 Å². The topological polar surface area (TPSA) is 58.4 Å². The maximum Gasteiger partial charge on any atom is 0.243 e. The van der Waals surface area contributed by atoms with Gasteiger partial charge in [-0.1, -0.05) is 19.0 Å². The molecule has 0 spiro atoms. The first kappa shape index (κ1) is 14.1. The number of nitrogens with one attached hydrogen (secondary N) is 1. The maximum atomic E-state index is 12.2. The van der Waals surface area contributed by atoms with E-state index in [-0.39, 0.29) is 11.9 Å². The number of aromatic nitrogens is 1. The van der Waals surface area contributed by atoms with E-state index in [4.69, 9.17) is 4.52 Å². The molecular weight excluding hydrogens is 242 g/mol. The number of nitrogens with zero attached hydrogens (tertiary/aromatic N) is 2. The number of likely N-dealkylation sites (tertiary alicyclic amines) is 1. The molecule has 2 rings (SSSR count). The second-order valence-electron chi connectivity index (χ2n) is 5.90. The molecule has 2 heterocycles. The summed E-state index contributed by atoms with van der Waals surface area (Å²) in [6, 6.07) is 1.59. The van der Waals surface area contributed by atoms with Gasteiger partial charge in [0.25, 0.3) is 0 Å². The van der Waals surface area contributed by atoms with Crippen molar-refractivity contribution in [2.45, 2.75) is 40.2 Å².